The first kappa shape index (κ1) is 17.7. The molecule has 0 unspecified atom stereocenters. The summed E-state index contributed by atoms with van der Waals surface area (Å²) < 4.78 is 55.9. The standard InChI is InChI=1S/C13H5BrCl2F4OS/c14-11-9(21-8-4-6(15)3-7(17)5-8)1-2-10(12(11)16)22-13(18,19)20/h1-5H. The van der Waals surface area contributed by atoms with Crippen LogP contribution < -0.4 is 4.74 Å². The number of rotatable bonds is 3. The summed E-state index contributed by atoms with van der Waals surface area (Å²) >= 11 is 14.3. The molecule has 2 rings (SSSR count). The monoisotopic (exact) mass is 434 g/mol. The predicted molar refractivity (Wildman–Crippen MR) is 82.5 cm³/mol. The van der Waals surface area contributed by atoms with Crippen LogP contribution in [0.1, 0.15) is 0 Å². The second-order valence-electron chi connectivity index (χ2n) is 3.94. The lowest BCUT2D eigenvalue weighted by molar-refractivity contribution is -0.0328. The van der Waals surface area contributed by atoms with Crippen molar-refractivity contribution in [3.8, 4) is 11.5 Å². The Bertz CT molecular complexity index is 689. The van der Waals surface area contributed by atoms with Crippen molar-refractivity contribution in [2.75, 3.05) is 0 Å². The SMILES string of the molecule is Fc1cc(Cl)cc(Oc2ccc(SC(F)(F)F)c(Cl)c2Br)c1. The van der Waals surface area contributed by atoms with Gasteiger partial charge >= 0.3 is 5.51 Å². The number of thioether (sulfide) groups is 1. The molecule has 118 valence electrons. The van der Waals surface area contributed by atoms with Gasteiger partial charge in [-0.25, -0.2) is 4.39 Å². The summed E-state index contributed by atoms with van der Waals surface area (Å²) in [6.07, 6.45) is 0. The van der Waals surface area contributed by atoms with E-state index in [4.69, 9.17) is 27.9 Å². The van der Waals surface area contributed by atoms with Crippen LogP contribution in [0.2, 0.25) is 10.0 Å². The number of hydrogen-bond acceptors (Lipinski definition) is 2. The second kappa shape index (κ2) is 6.86. The maximum absolute atomic E-state index is 13.2. The van der Waals surface area contributed by atoms with E-state index in [0.29, 0.717) is 0 Å². The Morgan fingerprint density at radius 3 is 2.36 bits per heavy atom. The number of benzene rings is 2. The van der Waals surface area contributed by atoms with Gasteiger partial charge in [0.25, 0.3) is 0 Å². The molecule has 0 aromatic heterocycles. The van der Waals surface area contributed by atoms with Crippen LogP contribution in [0.15, 0.2) is 39.7 Å². The van der Waals surface area contributed by atoms with Crippen LogP contribution in [-0.4, -0.2) is 5.51 Å². The van der Waals surface area contributed by atoms with Crippen LogP contribution in [0.4, 0.5) is 17.6 Å². The second-order valence-corrected chi connectivity index (χ2v) is 6.66. The van der Waals surface area contributed by atoms with Crippen molar-refractivity contribution in [1.29, 1.82) is 0 Å². The molecule has 0 heterocycles. The fraction of sp³-hybridized carbons (Fsp3) is 0.0769. The Hall–Kier alpha value is -0.630. The molecule has 0 bridgehead atoms. The molecule has 2 aromatic carbocycles. The molecule has 0 saturated heterocycles. The van der Waals surface area contributed by atoms with Crippen molar-refractivity contribution in [1.82, 2.24) is 0 Å². The topological polar surface area (TPSA) is 9.23 Å². The summed E-state index contributed by atoms with van der Waals surface area (Å²) in [4.78, 5) is -0.175. The Kier molecular flexibility index (Phi) is 5.53. The van der Waals surface area contributed by atoms with Gasteiger partial charge in [-0.15, -0.1) is 0 Å². The Morgan fingerprint density at radius 2 is 1.77 bits per heavy atom. The molecule has 0 spiro atoms. The first-order valence-corrected chi connectivity index (χ1v) is 7.90. The van der Waals surface area contributed by atoms with Gasteiger partial charge in [0.1, 0.15) is 17.3 Å². The Morgan fingerprint density at radius 1 is 1.09 bits per heavy atom. The molecule has 9 heteroatoms. The van der Waals surface area contributed by atoms with Crippen molar-refractivity contribution in [3.05, 3.63) is 50.7 Å². The third-order valence-corrected chi connectivity index (χ3v) is 4.83. The van der Waals surface area contributed by atoms with Crippen LogP contribution in [0.5, 0.6) is 11.5 Å². The van der Waals surface area contributed by atoms with Gasteiger partial charge in [0.2, 0.25) is 0 Å². The quantitative estimate of drug-likeness (QED) is 0.369. The summed E-state index contributed by atoms with van der Waals surface area (Å²) in [5.74, 6) is -0.370. The first-order chi connectivity index (χ1) is 10.2. The molecule has 0 aliphatic carbocycles. The zero-order valence-corrected chi connectivity index (χ0v) is 14.3. The van der Waals surface area contributed by atoms with Crippen molar-refractivity contribution in [3.63, 3.8) is 0 Å². The number of ether oxygens (including phenoxy) is 1. The van der Waals surface area contributed by atoms with Crippen LogP contribution in [0, 0.1) is 5.82 Å². The molecule has 0 fully saturated rings. The van der Waals surface area contributed by atoms with Crippen molar-refractivity contribution >= 4 is 50.9 Å². The molecule has 1 nitrogen and oxygen atoms in total. The van der Waals surface area contributed by atoms with Gasteiger partial charge in [-0.1, -0.05) is 23.2 Å². The lowest BCUT2D eigenvalue weighted by Crippen LogP contribution is -1.99. The molecule has 0 atom stereocenters. The largest absolute Gasteiger partial charge is 0.456 e. The van der Waals surface area contributed by atoms with Crippen LogP contribution in [0.3, 0.4) is 0 Å². The smallest absolute Gasteiger partial charge is 0.446 e. The normalized spacial score (nSPS) is 11.6. The highest BCUT2D eigenvalue weighted by molar-refractivity contribution is 9.10. The molecule has 0 N–H and O–H groups in total. The van der Waals surface area contributed by atoms with E-state index >= 15 is 0 Å². The van der Waals surface area contributed by atoms with Crippen LogP contribution in [-0.2, 0) is 0 Å². The first-order valence-electron chi connectivity index (χ1n) is 5.53. The minimum atomic E-state index is -4.46. The van der Waals surface area contributed by atoms with Gasteiger partial charge in [-0.05, 0) is 52.0 Å². The van der Waals surface area contributed by atoms with E-state index < -0.39 is 11.3 Å². The molecule has 22 heavy (non-hydrogen) atoms. The van der Waals surface area contributed by atoms with Crippen LogP contribution >= 0.6 is 50.9 Å². The van der Waals surface area contributed by atoms with Gasteiger partial charge in [0, 0.05) is 16.0 Å². The highest BCUT2D eigenvalue weighted by atomic mass is 79.9. The highest BCUT2D eigenvalue weighted by Crippen LogP contribution is 2.46. The van der Waals surface area contributed by atoms with Crippen molar-refractivity contribution in [2.24, 2.45) is 0 Å². The van der Waals surface area contributed by atoms with Gasteiger partial charge in [-0.2, -0.15) is 13.2 Å². The minimum absolute atomic E-state index is 0.0954. The molecular weight excluding hydrogens is 431 g/mol. The molecule has 0 radical (unpaired) electrons. The van der Waals surface area contributed by atoms with E-state index in [1.165, 1.54) is 18.2 Å². The average Bonchev–Trinajstić information content (AvgIpc) is 2.36. The summed E-state index contributed by atoms with van der Waals surface area (Å²) in [5, 5.41) is -0.0243. The summed E-state index contributed by atoms with van der Waals surface area (Å²) in [7, 11) is 0. The maximum atomic E-state index is 13.2. The average molecular weight is 436 g/mol. The zero-order chi connectivity index (χ0) is 16.5. The Balaban J connectivity index is 2.31. The molecule has 0 amide bonds. The molecule has 0 saturated carbocycles. The molecule has 2 aromatic rings. The van der Waals surface area contributed by atoms with Crippen molar-refractivity contribution < 1.29 is 22.3 Å². The van der Waals surface area contributed by atoms with E-state index in [9.17, 15) is 17.6 Å². The molecule has 0 aliphatic heterocycles. The lowest BCUT2D eigenvalue weighted by atomic mass is 10.3. The number of hydrogen-bond donors (Lipinski definition) is 0. The van der Waals surface area contributed by atoms with Gasteiger partial charge in [0.05, 0.1) is 9.50 Å². The fourth-order valence-corrected chi connectivity index (χ4v) is 3.13. The van der Waals surface area contributed by atoms with Crippen molar-refractivity contribution in [2.45, 2.75) is 10.4 Å². The zero-order valence-electron chi connectivity index (χ0n) is 10.3. The van der Waals surface area contributed by atoms with E-state index in [0.717, 1.165) is 12.1 Å². The van der Waals surface area contributed by atoms with Gasteiger partial charge in [0.15, 0.2) is 0 Å². The minimum Gasteiger partial charge on any atom is -0.456 e. The van der Waals surface area contributed by atoms with Crippen LogP contribution in [0.25, 0.3) is 0 Å². The summed E-state index contributed by atoms with van der Waals surface area (Å²) in [5.41, 5.74) is -4.46. The third kappa shape index (κ3) is 4.68. The third-order valence-electron chi connectivity index (χ3n) is 2.30. The maximum Gasteiger partial charge on any atom is 0.446 e. The Labute approximate surface area is 145 Å². The van der Waals surface area contributed by atoms with E-state index in [1.807, 2.05) is 0 Å². The van der Waals surface area contributed by atoms with E-state index in [2.05, 4.69) is 15.9 Å². The highest BCUT2D eigenvalue weighted by Gasteiger charge is 2.31. The van der Waals surface area contributed by atoms with E-state index in [1.54, 1.807) is 0 Å². The molecule has 0 aliphatic rings. The summed E-state index contributed by atoms with van der Waals surface area (Å²) in [6, 6.07) is 6.01. The number of alkyl halides is 3. The molecular formula is C13H5BrCl2F4OS. The summed E-state index contributed by atoms with van der Waals surface area (Å²) in [6.45, 7) is 0. The predicted octanol–water partition coefficient (Wildman–Crippen LogP) is 7.30. The van der Waals surface area contributed by atoms with Gasteiger partial charge in [-0.3, -0.25) is 0 Å². The van der Waals surface area contributed by atoms with E-state index in [-0.39, 0.29) is 42.7 Å². The van der Waals surface area contributed by atoms with Gasteiger partial charge < -0.3 is 4.74 Å². The fourth-order valence-electron chi connectivity index (χ4n) is 1.51. The lowest BCUT2D eigenvalue weighted by Gasteiger charge is -2.13. The number of halogens is 7.